The molecule has 7 nitrogen and oxygen atoms in total. The van der Waals surface area contributed by atoms with Gasteiger partial charge in [-0.25, -0.2) is 9.97 Å². The van der Waals surface area contributed by atoms with Crippen molar-refractivity contribution in [3.8, 4) is 0 Å². The molecule has 0 atom stereocenters. The monoisotopic (exact) mass is 360 g/mol. The summed E-state index contributed by atoms with van der Waals surface area (Å²) in [5.74, 6) is 0.106. The van der Waals surface area contributed by atoms with E-state index in [-0.39, 0.29) is 17.3 Å². The van der Waals surface area contributed by atoms with Crippen LogP contribution in [0.2, 0.25) is 0 Å². The van der Waals surface area contributed by atoms with Gasteiger partial charge in [-0.15, -0.1) is 11.3 Å². The molecule has 122 valence electrons. The Balaban J connectivity index is 1.68. The van der Waals surface area contributed by atoms with Crippen LogP contribution in [0.5, 0.6) is 0 Å². The molecule has 0 unspecified atom stereocenters. The lowest BCUT2D eigenvalue weighted by Gasteiger charge is -2.16. The zero-order valence-electron chi connectivity index (χ0n) is 12.6. The van der Waals surface area contributed by atoms with E-state index >= 15 is 0 Å². The third-order valence-corrected chi connectivity index (χ3v) is 5.38. The van der Waals surface area contributed by atoms with E-state index in [2.05, 4.69) is 9.97 Å². The summed E-state index contributed by atoms with van der Waals surface area (Å²) in [5.41, 5.74) is 1.47. The van der Waals surface area contributed by atoms with Crippen LogP contribution >= 0.6 is 23.1 Å². The second-order valence-electron chi connectivity index (χ2n) is 4.83. The van der Waals surface area contributed by atoms with Crippen LogP contribution < -0.4 is 4.90 Å². The molecule has 9 heteroatoms. The van der Waals surface area contributed by atoms with E-state index in [4.69, 9.17) is 0 Å². The largest absolute Gasteiger partial charge is 0.315 e. The van der Waals surface area contributed by atoms with E-state index in [1.54, 1.807) is 30.5 Å². The van der Waals surface area contributed by atoms with E-state index in [0.29, 0.717) is 5.69 Å². The molecule has 3 aromatic rings. The van der Waals surface area contributed by atoms with Crippen molar-refractivity contribution >= 4 is 50.6 Å². The predicted octanol–water partition coefficient (Wildman–Crippen LogP) is 3.35. The molecule has 0 bridgehead atoms. The zero-order valence-corrected chi connectivity index (χ0v) is 14.2. The summed E-state index contributed by atoms with van der Waals surface area (Å²) in [5, 5.41) is 13.4. The highest BCUT2D eigenvalue weighted by Crippen LogP contribution is 2.29. The van der Waals surface area contributed by atoms with Gasteiger partial charge in [0.25, 0.3) is 5.69 Å². The van der Waals surface area contributed by atoms with E-state index in [0.717, 1.165) is 15.2 Å². The third-order valence-electron chi connectivity index (χ3n) is 3.36. The number of thioether (sulfide) groups is 1. The summed E-state index contributed by atoms with van der Waals surface area (Å²) in [7, 11) is 1.64. The number of nitro groups is 1. The Bertz CT molecular complexity index is 895. The lowest BCUT2D eigenvalue weighted by Crippen LogP contribution is -2.27. The first-order valence-electron chi connectivity index (χ1n) is 6.88. The summed E-state index contributed by atoms with van der Waals surface area (Å²) in [6, 6.07) is 7.79. The van der Waals surface area contributed by atoms with Crippen LogP contribution in [0.15, 0.2) is 47.1 Å². The number of non-ortho nitro benzene ring substituents is 1. The molecule has 2 aromatic heterocycles. The quantitative estimate of drug-likeness (QED) is 0.300. The Morgan fingerprint density at radius 1 is 1.29 bits per heavy atom. The topological polar surface area (TPSA) is 89.2 Å². The first kappa shape index (κ1) is 16.3. The van der Waals surface area contributed by atoms with Crippen LogP contribution in [0.1, 0.15) is 0 Å². The van der Waals surface area contributed by atoms with Gasteiger partial charge in [0.05, 0.1) is 20.9 Å². The minimum atomic E-state index is -0.469. The lowest BCUT2D eigenvalue weighted by molar-refractivity contribution is -0.384. The first-order valence-corrected chi connectivity index (χ1v) is 8.75. The summed E-state index contributed by atoms with van der Waals surface area (Å²) in [4.78, 5) is 32.4. The summed E-state index contributed by atoms with van der Waals surface area (Å²) < 4.78 is 0.966. The van der Waals surface area contributed by atoms with Crippen molar-refractivity contribution in [1.82, 2.24) is 9.97 Å². The molecule has 0 saturated carbocycles. The molecule has 0 radical (unpaired) electrons. The number of aromatic nitrogens is 2. The van der Waals surface area contributed by atoms with Gasteiger partial charge >= 0.3 is 0 Å². The predicted molar refractivity (Wildman–Crippen MR) is 94.6 cm³/mol. The van der Waals surface area contributed by atoms with Gasteiger partial charge in [0, 0.05) is 24.9 Å². The molecular formula is C15H12N4O3S2. The molecule has 3 rings (SSSR count). The van der Waals surface area contributed by atoms with Crippen LogP contribution in [0.25, 0.3) is 10.2 Å². The minimum absolute atomic E-state index is 0.00459. The standard InChI is InChI=1S/C15H12N4O3S2/c1-18(10-2-4-11(5-3-10)19(21)22)13(20)8-24-15-14-12(6-7-23-14)16-9-17-15/h2-7,9H,8H2,1H3. The number of anilines is 1. The fourth-order valence-corrected chi connectivity index (χ4v) is 3.90. The zero-order chi connectivity index (χ0) is 17.1. The first-order chi connectivity index (χ1) is 11.6. The lowest BCUT2D eigenvalue weighted by atomic mass is 10.2. The van der Waals surface area contributed by atoms with E-state index in [9.17, 15) is 14.9 Å². The van der Waals surface area contributed by atoms with Gasteiger partial charge < -0.3 is 4.90 Å². The molecule has 2 heterocycles. The van der Waals surface area contributed by atoms with E-state index < -0.39 is 4.92 Å². The maximum absolute atomic E-state index is 12.3. The number of hydrogen-bond acceptors (Lipinski definition) is 7. The molecule has 0 saturated heterocycles. The second-order valence-corrected chi connectivity index (χ2v) is 6.71. The van der Waals surface area contributed by atoms with Crippen molar-refractivity contribution < 1.29 is 9.72 Å². The maximum Gasteiger partial charge on any atom is 0.269 e. The van der Waals surface area contributed by atoms with Gasteiger partial charge in [-0.2, -0.15) is 0 Å². The highest BCUT2D eigenvalue weighted by Gasteiger charge is 2.15. The van der Waals surface area contributed by atoms with Crippen molar-refractivity contribution in [3.05, 3.63) is 52.2 Å². The van der Waals surface area contributed by atoms with Gasteiger partial charge in [-0.1, -0.05) is 11.8 Å². The summed E-state index contributed by atoms with van der Waals surface area (Å²) in [6.45, 7) is 0. The Kier molecular flexibility index (Phi) is 4.72. The third kappa shape index (κ3) is 3.36. The molecule has 24 heavy (non-hydrogen) atoms. The number of amides is 1. The molecule has 0 aliphatic rings. The van der Waals surface area contributed by atoms with Crippen LogP contribution in [-0.2, 0) is 4.79 Å². The van der Waals surface area contributed by atoms with Crippen molar-refractivity contribution in [2.75, 3.05) is 17.7 Å². The Labute approximate surface area is 145 Å². The van der Waals surface area contributed by atoms with Gasteiger partial charge in [0.2, 0.25) is 5.91 Å². The van der Waals surface area contributed by atoms with Gasteiger partial charge in [0.1, 0.15) is 11.4 Å². The number of benzene rings is 1. The number of nitro benzene ring substituents is 1. The Morgan fingerprint density at radius 3 is 2.75 bits per heavy atom. The second kappa shape index (κ2) is 6.93. The fraction of sp³-hybridized carbons (Fsp3) is 0.133. The SMILES string of the molecule is CN(C(=O)CSc1ncnc2ccsc12)c1ccc([N+](=O)[O-])cc1. The highest BCUT2D eigenvalue weighted by atomic mass is 32.2. The average Bonchev–Trinajstić information content (AvgIpc) is 3.08. The molecule has 0 N–H and O–H groups in total. The smallest absolute Gasteiger partial charge is 0.269 e. The molecule has 1 aromatic carbocycles. The Hall–Kier alpha value is -2.52. The average molecular weight is 360 g/mol. The molecule has 1 amide bonds. The number of fused-ring (bicyclic) bond motifs is 1. The van der Waals surface area contributed by atoms with E-state index in [1.165, 1.54) is 35.1 Å². The number of carbonyl (C=O) groups excluding carboxylic acids is 1. The molecule has 0 spiro atoms. The van der Waals surface area contributed by atoms with Gasteiger partial charge in [0.15, 0.2) is 0 Å². The number of carbonyl (C=O) groups is 1. The number of rotatable bonds is 5. The molecule has 0 fully saturated rings. The molecular weight excluding hydrogens is 348 g/mol. The number of thiophene rings is 1. The summed E-state index contributed by atoms with van der Waals surface area (Å²) in [6.07, 6.45) is 1.49. The minimum Gasteiger partial charge on any atom is -0.315 e. The normalized spacial score (nSPS) is 10.7. The number of hydrogen-bond donors (Lipinski definition) is 0. The van der Waals surface area contributed by atoms with Crippen molar-refractivity contribution in [3.63, 3.8) is 0 Å². The van der Waals surface area contributed by atoms with Gasteiger partial charge in [-0.05, 0) is 23.6 Å². The highest BCUT2D eigenvalue weighted by molar-refractivity contribution is 8.00. The Morgan fingerprint density at radius 2 is 2.04 bits per heavy atom. The molecule has 0 aliphatic heterocycles. The van der Waals surface area contributed by atoms with Crippen LogP contribution in [0.3, 0.4) is 0 Å². The van der Waals surface area contributed by atoms with Crippen molar-refractivity contribution in [1.29, 1.82) is 0 Å². The van der Waals surface area contributed by atoms with Crippen LogP contribution in [0.4, 0.5) is 11.4 Å². The van der Waals surface area contributed by atoms with Crippen molar-refractivity contribution in [2.45, 2.75) is 5.03 Å². The van der Waals surface area contributed by atoms with E-state index in [1.807, 2.05) is 11.4 Å². The number of nitrogens with zero attached hydrogens (tertiary/aromatic N) is 4. The fourth-order valence-electron chi connectivity index (χ4n) is 2.04. The van der Waals surface area contributed by atoms with Gasteiger partial charge in [-0.3, -0.25) is 14.9 Å². The maximum atomic E-state index is 12.3. The van der Waals surface area contributed by atoms with Crippen LogP contribution in [-0.4, -0.2) is 33.6 Å². The van der Waals surface area contributed by atoms with Crippen LogP contribution in [0, 0.1) is 10.1 Å². The summed E-state index contributed by atoms with van der Waals surface area (Å²) >= 11 is 2.89. The van der Waals surface area contributed by atoms with Crippen molar-refractivity contribution in [2.24, 2.45) is 0 Å². The molecule has 0 aliphatic carbocycles.